The molecule has 1 N–H and O–H groups in total. The number of piperidine rings is 2. The van der Waals surface area contributed by atoms with Gasteiger partial charge < -0.3 is 19.9 Å². The monoisotopic (exact) mass is 452 g/mol. The number of hydrogen-bond acceptors (Lipinski definition) is 7. The van der Waals surface area contributed by atoms with Crippen molar-refractivity contribution in [2.75, 3.05) is 46.9 Å². The van der Waals surface area contributed by atoms with Crippen molar-refractivity contribution >= 4 is 23.7 Å². The van der Waals surface area contributed by atoms with E-state index >= 15 is 0 Å². The van der Waals surface area contributed by atoms with Crippen LogP contribution in [0.4, 0.5) is 0 Å². The van der Waals surface area contributed by atoms with Crippen molar-refractivity contribution in [1.82, 2.24) is 15.1 Å². The van der Waals surface area contributed by atoms with Crippen molar-refractivity contribution in [2.45, 2.75) is 44.2 Å². The Labute approximate surface area is 194 Å². The summed E-state index contributed by atoms with van der Waals surface area (Å²) < 4.78 is 5.64. The zero-order valence-electron chi connectivity index (χ0n) is 19.6. The smallest absolute Gasteiger partial charge is 0.290 e. The highest BCUT2D eigenvalue weighted by Crippen LogP contribution is 2.33. The van der Waals surface area contributed by atoms with Gasteiger partial charge in [-0.25, -0.2) is 4.99 Å². The number of carbonyl (C=O) groups excluding carboxylic acids is 2. The van der Waals surface area contributed by atoms with Crippen LogP contribution in [0.5, 0.6) is 0 Å². The summed E-state index contributed by atoms with van der Waals surface area (Å²) in [5, 5.41) is 12.8. The number of nitrogens with zero attached hydrogens (tertiary/aromatic N) is 5. The van der Waals surface area contributed by atoms with Gasteiger partial charge in [0.15, 0.2) is 0 Å². The highest BCUT2D eigenvalue weighted by Gasteiger charge is 2.37. The molecule has 0 aromatic heterocycles. The second-order valence-corrected chi connectivity index (χ2v) is 9.57. The van der Waals surface area contributed by atoms with Gasteiger partial charge in [-0.3, -0.25) is 14.6 Å². The van der Waals surface area contributed by atoms with Gasteiger partial charge in [0.2, 0.25) is 5.91 Å². The number of fused-ring (bicyclic) bond motifs is 1. The van der Waals surface area contributed by atoms with E-state index in [0.29, 0.717) is 42.5 Å². The number of aliphatic imine (C=N–C) groups is 2. The van der Waals surface area contributed by atoms with E-state index in [1.165, 1.54) is 6.21 Å². The Morgan fingerprint density at radius 2 is 2.00 bits per heavy atom. The maximum absolute atomic E-state index is 12.9. The summed E-state index contributed by atoms with van der Waals surface area (Å²) in [7, 11) is 3.82. The molecule has 33 heavy (non-hydrogen) atoms. The van der Waals surface area contributed by atoms with Gasteiger partial charge in [0.25, 0.3) is 5.91 Å². The van der Waals surface area contributed by atoms with Crippen LogP contribution < -0.4 is 5.32 Å². The molecule has 0 aliphatic carbocycles. The average Bonchev–Trinajstić information content (AvgIpc) is 2.83. The molecule has 1 unspecified atom stereocenters. The van der Waals surface area contributed by atoms with Gasteiger partial charge in [-0.2, -0.15) is 5.26 Å². The van der Waals surface area contributed by atoms with E-state index in [1.807, 2.05) is 11.0 Å². The maximum atomic E-state index is 12.9. The van der Waals surface area contributed by atoms with Gasteiger partial charge >= 0.3 is 0 Å². The fourth-order valence-electron chi connectivity index (χ4n) is 4.79. The third-order valence-corrected chi connectivity index (χ3v) is 7.30. The topological polar surface area (TPSA) is 110 Å². The molecule has 2 fully saturated rings. The first-order valence-electron chi connectivity index (χ1n) is 11.6. The molecule has 4 aliphatic rings. The third kappa shape index (κ3) is 4.92. The second kappa shape index (κ2) is 9.57. The van der Waals surface area contributed by atoms with E-state index in [-0.39, 0.29) is 17.1 Å². The van der Waals surface area contributed by atoms with Crippen LogP contribution in [0.15, 0.2) is 32.9 Å². The Kier molecular flexibility index (Phi) is 6.77. The number of amides is 2. The molecule has 0 spiro atoms. The van der Waals surface area contributed by atoms with Crippen LogP contribution in [-0.2, 0) is 14.3 Å². The summed E-state index contributed by atoms with van der Waals surface area (Å²) in [5.74, 6) is -0.257. The van der Waals surface area contributed by atoms with E-state index in [2.05, 4.69) is 34.2 Å². The number of carbonyl (C=O) groups is 2. The molecule has 9 nitrogen and oxygen atoms in total. The molecular formula is C24H32N6O3. The Bertz CT molecular complexity index is 973. The summed E-state index contributed by atoms with van der Waals surface area (Å²) in [4.78, 5) is 38.2. The Hall–Kier alpha value is -2.83. The normalized spacial score (nSPS) is 25.8. The van der Waals surface area contributed by atoms with E-state index in [1.54, 1.807) is 13.2 Å². The number of dihydropyridines is 2. The number of nitrogens with one attached hydrogen (secondary N) is 1. The number of rotatable bonds is 5. The van der Waals surface area contributed by atoms with Gasteiger partial charge in [-0.1, -0.05) is 0 Å². The van der Waals surface area contributed by atoms with Crippen molar-refractivity contribution < 1.29 is 14.3 Å². The zero-order chi connectivity index (χ0) is 23.6. The number of nitriles is 1. The number of methoxy groups -OCH3 is 1. The lowest BCUT2D eigenvalue weighted by Gasteiger charge is -2.41. The molecule has 4 aliphatic heterocycles. The lowest BCUT2D eigenvalue weighted by molar-refractivity contribution is -0.121. The SMILES string of the molecule is COC1(C)CCN(C2=C(C#N)C(=O)N=C3C=NC(C(=O)NCC4CCN(C)CC4)C=C32)CC1. The Morgan fingerprint density at radius 3 is 2.64 bits per heavy atom. The molecule has 0 aromatic carbocycles. The second-order valence-electron chi connectivity index (χ2n) is 9.57. The molecule has 176 valence electrons. The van der Waals surface area contributed by atoms with E-state index in [0.717, 1.165) is 38.8 Å². The van der Waals surface area contributed by atoms with Gasteiger partial charge in [0.1, 0.15) is 17.7 Å². The van der Waals surface area contributed by atoms with Crippen molar-refractivity contribution in [1.29, 1.82) is 5.26 Å². The minimum absolute atomic E-state index is 0.0202. The first-order valence-corrected chi connectivity index (χ1v) is 11.6. The standard InChI is InChI=1S/C24H32N6O3/c1-24(33-3)6-10-30(11-7-24)21-17-12-19(26-15-20(17)28-22(31)18(21)13-25)23(32)27-14-16-4-8-29(2)9-5-16/h12,15-16,19H,4-11,14H2,1-3H3,(H,27,32). The van der Waals surface area contributed by atoms with Crippen LogP contribution in [0, 0.1) is 17.2 Å². The highest BCUT2D eigenvalue weighted by atomic mass is 16.5. The third-order valence-electron chi connectivity index (χ3n) is 7.30. The molecule has 4 rings (SSSR count). The minimum atomic E-state index is -0.706. The molecule has 4 heterocycles. The minimum Gasteiger partial charge on any atom is -0.378 e. The summed E-state index contributed by atoms with van der Waals surface area (Å²) >= 11 is 0. The van der Waals surface area contributed by atoms with E-state index in [4.69, 9.17) is 4.74 Å². The highest BCUT2D eigenvalue weighted by molar-refractivity contribution is 6.44. The number of ether oxygens (including phenoxy) is 1. The lowest BCUT2D eigenvalue weighted by Crippen LogP contribution is -2.45. The van der Waals surface area contributed by atoms with Crippen LogP contribution >= 0.6 is 0 Å². The van der Waals surface area contributed by atoms with E-state index < -0.39 is 11.9 Å². The number of likely N-dealkylation sites (tertiary alicyclic amines) is 2. The summed E-state index contributed by atoms with van der Waals surface area (Å²) in [6, 6.07) is 1.34. The number of hydrogen-bond donors (Lipinski definition) is 1. The average molecular weight is 453 g/mol. The van der Waals surface area contributed by atoms with Gasteiger partial charge in [-0.05, 0) is 64.7 Å². The van der Waals surface area contributed by atoms with Gasteiger partial charge in [0.05, 0.1) is 17.0 Å². The van der Waals surface area contributed by atoms with Crippen LogP contribution in [0.3, 0.4) is 0 Å². The van der Waals surface area contributed by atoms with Crippen molar-refractivity contribution in [3.8, 4) is 6.07 Å². The fourth-order valence-corrected chi connectivity index (χ4v) is 4.79. The van der Waals surface area contributed by atoms with Crippen molar-refractivity contribution in [3.63, 3.8) is 0 Å². The van der Waals surface area contributed by atoms with Crippen LogP contribution in [0.1, 0.15) is 32.6 Å². The maximum Gasteiger partial charge on any atom is 0.290 e. The molecule has 1 atom stereocenters. The van der Waals surface area contributed by atoms with Crippen LogP contribution in [0.2, 0.25) is 0 Å². The largest absolute Gasteiger partial charge is 0.378 e. The first-order chi connectivity index (χ1) is 15.8. The van der Waals surface area contributed by atoms with Crippen LogP contribution in [-0.4, -0.2) is 92.1 Å². The zero-order valence-corrected chi connectivity index (χ0v) is 19.6. The Balaban J connectivity index is 1.52. The number of allylic oxidation sites excluding steroid dienone is 1. The predicted molar refractivity (Wildman–Crippen MR) is 125 cm³/mol. The van der Waals surface area contributed by atoms with E-state index in [9.17, 15) is 14.9 Å². The first kappa shape index (κ1) is 23.3. The predicted octanol–water partition coefficient (Wildman–Crippen LogP) is 1.08. The van der Waals surface area contributed by atoms with Gasteiger partial charge in [-0.15, -0.1) is 0 Å². The van der Waals surface area contributed by atoms with Crippen molar-refractivity contribution in [3.05, 3.63) is 22.9 Å². The quantitative estimate of drug-likeness (QED) is 0.668. The molecule has 0 aromatic rings. The fraction of sp³-hybridized carbons (Fsp3) is 0.625. The summed E-state index contributed by atoms with van der Waals surface area (Å²) in [5.41, 5.74) is 1.41. The Morgan fingerprint density at radius 1 is 1.30 bits per heavy atom. The molecule has 9 heteroatoms. The molecule has 0 bridgehead atoms. The van der Waals surface area contributed by atoms with Gasteiger partial charge in [0, 0.05) is 38.5 Å². The van der Waals surface area contributed by atoms with Crippen molar-refractivity contribution in [2.24, 2.45) is 15.9 Å². The van der Waals surface area contributed by atoms with Crippen LogP contribution in [0.25, 0.3) is 0 Å². The molecule has 2 saturated heterocycles. The summed E-state index contributed by atoms with van der Waals surface area (Å²) in [6.07, 6.45) is 6.91. The summed E-state index contributed by atoms with van der Waals surface area (Å²) in [6.45, 7) is 6.08. The molecule has 0 radical (unpaired) electrons. The molecule has 0 saturated carbocycles. The molecule has 2 amide bonds. The lowest BCUT2D eigenvalue weighted by atomic mass is 9.89. The molecular weight excluding hydrogens is 420 g/mol.